The van der Waals surface area contributed by atoms with Crippen molar-refractivity contribution in [1.82, 2.24) is 0 Å². The van der Waals surface area contributed by atoms with E-state index >= 15 is 0 Å². The summed E-state index contributed by atoms with van der Waals surface area (Å²) in [7, 11) is 1.70. The average molecular weight is 223 g/mol. The van der Waals surface area contributed by atoms with Crippen molar-refractivity contribution in [3.8, 4) is 0 Å². The summed E-state index contributed by atoms with van der Waals surface area (Å²) in [5.41, 5.74) is 0. The first-order valence-electron chi connectivity index (χ1n) is 3.88. The highest BCUT2D eigenvalue weighted by Gasteiger charge is 1.97. The van der Waals surface area contributed by atoms with Gasteiger partial charge >= 0.3 is 0 Å². The summed E-state index contributed by atoms with van der Waals surface area (Å²) in [6.45, 7) is 0.808. The fourth-order valence-electron chi connectivity index (χ4n) is 0.812. The van der Waals surface area contributed by atoms with Crippen LogP contribution in [0.1, 0.15) is 25.7 Å². The molecule has 11 heavy (non-hydrogen) atoms. The minimum atomic E-state index is 0.294. The van der Waals surface area contributed by atoms with Gasteiger partial charge in [0.15, 0.2) is 0 Å². The molecule has 0 saturated carbocycles. The predicted molar refractivity (Wildman–Crippen MR) is 49.1 cm³/mol. The number of methoxy groups -OCH3 is 1. The number of ketones is 1. The molecule has 0 aromatic rings. The van der Waals surface area contributed by atoms with Gasteiger partial charge < -0.3 is 4.74 Å². The van der Waals surface area contributed by atoms with Crippen LogP contribution in [0.15, 0.2) is 0 Å². The summed E-state index contributed by atoms with van der Waals surface area (Å²) in [5.74, 6) is 0.294. The van der Waals surface area contributed by atoms with Crippen LogP contribution < -0.4 is 0 Å². The van der Waals surface area contributed by atoms with Crippen LogP contribution in [0, 0.1) is 0 Å². The second kappa shape index (κ2) is 8.21. The Balaban J connectivity index is 2.95. The van der Waals surface area contributed by atoms with Gasteiger partial charge in [0.25, 0.3) is 0 Å². The van der Waals surface area contributed by atoms with Crippen molar-refractivity contribution in [3.63, 3.8) is 0 Å². The van der Waals surface area contributed by atoms with Gasteiger partial charge in [0, 0.05) is 20.1 Å². The van der Waals surface area contributed by atoms with Crippen molar-refractivity contribution >= 4 is 21.7 Å². The molecule has 0 atom stereocenters. The van der Waals surface area contributed by atoms with Gasteiger partial charge in [-0.25, -0.2) is 0 Å². The SMILES string of the molecule is COCCCCCC(=O)CBr. The standard InChI is InChI=1S/C8H15BrO2/c1-11-6-4-2-3-5-8(10)7-9/h2-7H2,1H3. The third kappa shape index (κ3) is 8.01. The largest absolute Gasteiger partial charge is 0.385 e. The lowest BCUT2D eigenvalue weighted by Gasteiger charge is -1.97. The summed E-state index contributed by atoms with van der Waals surface area (Å²) in [4.78, 5) is 10.8. The van der Waals surface area contributed by atoms with Gasteiger partial charge in [-0.15, -0.1) is 0 Å². The monoisotopic (exact) mass is 222 g/mol. The molecule has 0 bridgehead atoms. The molecular formula is C8H15BrO2. The molecule has 0 rings (SSSR count). The Morgan fingerprint density at radius 1 is 1.36 bits per heavy atom. The Hall–Kier alpha value is 0.110. The van der Waals surface area contributed by atoms with Crippen LogP contribution in [0.25, 0.3) is 0 Å². The summed E-state index contributed by atoms with van der Waals surface area (Å²) in [6, 6.07) is 0. The van der Waals surface area contributed by atoms with Gasteiger partial charge in [-0.2, -0.15) is 0 Å². The lowest BCUT2D eigenvalue weighted by molar-refractivity contribution is -0.116. The number of ether oxygens (including phenoxy) is 1. The van der Waals surface area contributed by atoms with E-state index in [4.69, 9.17) is 4.74 Å². The smallest absolute Gasteiger partial charge is 0.143 e. The molecule has 66 valence electrons. The van der Waals surface area contributed by atoms with E-state index in [2.05, 4.69) is 15.9 Å². The maximum atomic E-state index is 10.8. The van der Waals surface area contributed by atoms with Crippen molar-refractivity contribution in [2.45, 2.75) is 25.7 Å². The molecule has 3 heteroatoms. The van der Waals surface area contributed by atoms with Crippen molar-refractivity contribution < 1.29 is 9.53 Å². The summed E-state index contributed by atoms with van der Waals surface area (Å²) >= 11 is 3.12. The topological polar surface area (TPSA) is 26.3 Å². The Morgan fingerprint density at radius 2 is 2.09 bits per heavy atom. The van der Waals surface area contributed by atoms with Crippen molar-refractivity contribution in [2.24, 2.45) is 0 Å². The molecule has 0 spiro atoms. The van der Waals surface area contributed by atoms with Crippen molar-refractivity contribution in [1.29, 1.82) is 0 Å². The summed E-state index contributed by atoms with van der Waals surface area (Å²) in [5, 5.41) is 0.497. The Morgan fingerprint density at radius 3 is 2.64 bits per heavy atom. The second-order valence-corrected chi connectivity index (χ2v) is 3.04. The number of halogens is 1. The molecule has 0 saturated heterocycles. The molecule has 0 unspecified atom stereocenters. The lowest BCUT2D eigenvalue weighted by atomic mass is 10.1. The highest BCUT2D eigenvalue weighted by Crippen LogP contribution is 2.01. The first kappa shape index (κ1) is 11.1. The molecular weight excluding hydrogens is 208 g/mol. The molecule has 0 amide bonds. The number of hydrogen-bond donors (Lipinski definition) is 0. The zero-order valence-electron chi connectivity index (χ0n) is 6.94. The second-order valence-electron chi connectivity index (χ2n) is 2.48. The van der Waals surface area contributed by atoms with Gasteiger partial charge in [-0.3, -0.25) is 4.79 Å². The van der Waals surface area contributed by atoms with Crippen LogP contribution in [-0.4, -0.2) is 24.8 Å². The van der Waals surface area contributed by atoms with Crippen LogP contribution in [0.5, 0.6) is 0 Å². The number of Topliss-reactive ketones (excluding diaryl/α,β-unsaturated/α-hetero) is 1. The first-order chi connectivity index (χ1) is 5.31. The van der Waals surface area contributed by atoms with Crippen LogP contribution >= 0.6 is 15.9 Å². The highest BCUT2D eigenvalue weighted by atomic mass is 79.9. The molecule has 0 aliphatic carbocycles. The predicted octanol–water partition coefficient (Wildman–Crippen LogP) is 2.16. The van der Waals surface area contributed by atoms with Crippen LogP contribution in [0.2, 0.25) is 0 Å². The van der Waals surface area contributed by atoms with E-state index in [1.807, 2.05) is 0 Å². The minimum absolute atomic E-state index is 0.294. The van der Waals surface area contributed by atoms with Gasteiger partial charge in [-0.1, -0.05) is 22.4 Å². The van der Waals surface area contributed by atoms with E-state index in [0.29, 0.717) is 17.5 Å². The Kier molecular flexibility index (Phi) is 8.29. The van der Waals surface area contributed by atoms with E-state index in [0.717, 1.165) is 25.9 Å². The number of alkyl halides is 1. The maximum absolute atomic E-state index is 10.8. The van der Waals surface area contributed by atoms with Gasteiger partial charge in [0.05, 0.1) is 5.33 Å². The fourth-order valence-corrected chi connectivity index (χ4v) is 1.09. The summed E-state index contributed by atoms with van der Waals surface area (Å²) < 4.78 is 4.88. The summed E-state index contributed by atoms with van der Waals surface area (Å²) in [6.07, 6.45) is 3.85. The van der Waals surface area contributed by atoms with Crippen LogP contribution in [-0.2, 0) is 9.53 Å². The van der Waals surface area contributed by atoms with E-state index in [-0.39, 0.29) is 0 Å². The van der Waals surface area contributed by atoms with Gasteiger partial charge in [-0.05, 0) is 12.8 Å². The Labute approximate surface area is 76.4 Å². The van der Waals surface area contributed by atoms with E-state index in [1.54, 1.807) is 7.11 Å². The van der Waals surface area contributed by atoms with Gasteiger partial charge in [0.1, 0.15) is 5.78 Å². The number of carbonyl (C=O) groups is 1. The van der Waals surface area contributed by atoms with Crippen molar-refractivity contribution in [3.05, 3.63) is 0 Å². The highest BCUT2D eigenvalue weighted by molar-refractivity contribution is 9.09. The molecule has 0 N–H and O–H groups in total. The number of carbonyl (C=O) groups excluding carboxylic acids is 1. The molecule has 0 aliphatic heterocycles. The van der Waals surface area contributed by atoms with E-state index in [9.17, 15) is 4.79 Å². The molecule has 0 radical (unpaired) electrons. The van der Waals surface area contributed by atoms with Gasteiger partial charge in [0.2, 0.25) is 0 Å². The molecule has 0 aromatic carbocycles. The van der Waals surface area contributed by atoms with Crippen LogP contribution in [0.3, 0.4) is 0 Å². The average Bonchev–Trinajstić information content (AvgIpc) is 2.04. The maximum Gasteiger partial charge on any atom is 0.143 e. The van der Waals surface area contributed by atoms with Crippen LogP contribution in [0.4, 0.5) is 0 Å². The van der Waals surface area contributed by atoms with E-state index < -0.39 is 0 Å². The number of unbranched alkanes of at least 4 members (excludes halogenated alkanes) is 2. The molecule has 0 aliphatic rings. The van der Waals surface area contributed by atoms with E-state index in [1.165, 1.54) is 0 Å². The fraction of sp³-hybridized carbons (Fsp3) is 0.875. The molecule has 0 fully saturated rings. The van der Waals surface area contributed by atoms with Crippen molar-refractivity contribution in [2.75, 3.05) is 19.0 Å². The molecule has 0 heterocycles. The zero-order chi connectivity index (χ0) is 8.53. The molecule has 0 aromatic heterocycles. The normalized spacial score (nSPS) is 10.0. The zero-order valence-corrected chi connectivity index (χ0v) is 8.52. The lowest BCUT2D eigenvalue weighted by Crippen LogP contribution is -1.98. The number of hydrogen-bond acceptors (Lipinski definition) is 2. The molecule has 2 nitrogen and oxygen atoms in total. The first-order valence-corrected chi connectivity index (χ1v) is 5.00. The Bertz CT molecular complexity index is 104. The third-order valence-electron chi connectivity index (χ3n) is 1.45. The number of rotatable bonds is 7. The quantitative estimate of drug-likeness (QED) is 0.488. The third-order valence-corrected chi connectivity index (χ3v) is 2.08. The minimum Gasteiger partial charge on any atom is -0.385 e.